The van der Waals surface area contributed by atoms with Crippen LogP contribution in [0.4, 0.5) is 0 Å². The van der Waals surface area contributed by atoms with Crippen LogP contribution in [0.1, 0.15) is 11.1 Å². The number of aliphatic hydroxyl groups is 1. The fraction of sp³-hybridized carbons (Fsp3) is 0.417. The van der Waals surface area contributed by atoms with Gasteiger partial charge in [0.15, 0.2) is 0 Å². The third-order valence-corrected chi connectivity index (χ3v) is 5.46. The first kappa shape index (κ1) is 18.2. The summed E-state index contributed by atoms with van der Waals surface area (Å²) in [6.07, 6.45) is 0. The maximum atomic E-state index is 12.4. The van der Waals surface area contributed by atoms with Gasteiger partial charge in [0.2, 0.25) is 10.0 Å². The molecule has 1 unspecified atom stereocenters. The lowest BCUT2D eigenvalue weighted by Crippen LogP contribution is -2.44. The molecular formula is C12H15Cl2NO5S. The van der Waals surface area contributed by atoms with Crippen LogP contribution in [0.25, 0.3) is 0 Å². The number of hydrogen-bond donors (Lipinski definition) is 2. The number of methoxy groups -OCH3 is 1. The first-order valence-electron chi connectivity index (χ1n) is 5.82. The number of aliphatic hydroxyl groups excluding tert-OH is 1. The average Bonchev–Trinajstić information content (AvgIpc) is 2.41. The lowest BCUT2D eigenvalue weighted by Gasteiger charge is -2.17. The topological polar surface area (TPSA) is 92.7 Å². The number of ether oxygens (including phenoxy) is 1. The van der Waals surface area contributed by atoms with E-state index in [1.165, 1.54) is 6.92 Å². The van der Waals surface area contributed by atoms with Gasteiger partial charge in [-0.15, -0.1) is 0 Å². The van der Waals surface area contributed by atoms with E-state index in [1.807, 2.05) is 0 Å². The molecule has 1 rings (SSSR count). The van der Waals surface area contributed by atoms with Crippen LogP contribution in [0.3, 0.4) is 0 Å². The highest BCUT2D eigenvalue weighted by atomic mass is 35.5. The van der Waals surface area contributed by atoms with Crippen LogP contribution < -0.4 is 4.72 Å². The highest BCUT2D eigenvalue weighted by Gasteiger charge is 2.29. The number of rotatable bonds is 5. The van der Waals surface area contributed by atoms with Gasteiger partial charge in [0.1, 0.15) is 10.9 Å². The molecule has 1 aromatic rings. The highest BCUT2D eigenvalue weighted by molar-refractivity contribution is 7.89. The second kappa shape index (κ2) is 6.93. The Kier molecular flexibility index (Phi) is 6.01. The second-order valence-corrected chi connectivity index (χ2v) is 6.76. The predicted molar refractivity (Wildman–Crippen MR) is 79.1 cm³/mol. The number of aryl methyl sites for hydroxylation is 1. The molecule has 0 aromatic heterocycles. The van der Waals surface area contributed by atoms with E-state index in [2.05, 4.69) is 9.46 Å². The molecule has 0 radical (unpaired) electrons. The van der Waals surface area contributed by atoms with Crippen LogP contribution in [0.15, 0.2) is 11.0 Å². The zero-order valence-electron chi connectivity index (χ0n) is 11.6. The molecule has 0 aliphatic heterocycles. The molecule has 0 heterocycles. The third-order valence-electron chi connectivity index (χ3n) is 2.82. The maximum Gasteiger partial charge on any atom is 0.326 e. The number of carbonyl (C=O) groups excluding carboxylic acids is 1. The van der Waals surface area contributed by atoms with E-state index in [0.717, 1.165) is 7.11 Å². The van der Waals surface area contributed by atoms with E-state index < -0.39 is 28.6 Å². The summed E-state index contributed by atoms with van der Waals surface area (Å²) in [6.45, 7) is 2.35. The monoisotopic (exact) mass is 355 g/mol. The molecule has 0 fully saturated rings. The van der Waals surface area contributed by atoms with Gasteiger partial charge in [0, 0.05) is 5.02 Å². The van der Waals surface area contributed by atoms with Crippen molar-refractivity contribution >= 4 is 39.2 Å². The molecule has 118 valence electrons. The summed E-state index contributed by atoms with van der Waals surface area (Å²) >= 11 is 12.0. The molecule has 0 amide bonds. The molecule has 0 aliphatic carbocycles. The van der Waals surface area contributed by atoms with E-state index in [-0.39, 0.29) is 20.5 Å². The standard InChI is InChI=1S/C12H15Cl2NO5S/c1-6-4-8(13)7(2)11(10(6)14)21(18,19)15-9(5-16)12(17)20-3/h4,9,15-16H,5H2,1-3H3. The van der Waals surface area contributed by atoms with Gasteiger partial charge in [0.25, 0.3) is 0 Å². The molecule has 6 nitrogen and oxygen atoms in total. The lowest BCUT2D eigenvalue weighted by molar-refractivity contribution is -0.143. The lowest BCUT2D eigenvalue weighted by atomic mass is 10.2. The molecule has 0 saturated carbocycles. The van der Waals surface area contributed by atoms with Crippen molar-refractivity contribution in [1.29, 1.82) is 0 Å². The molecule has 0 spiro atoms. The summed E-state index contributed by atoms with van der Waals surface area (Å²) in [6, 6.07) is 0.122. The zero-order chi connectivity index (χ0) is 16.4. The second-order valence-electron chi connectivity index (χ2n) is 4.32. The van der Waals surface area contributed by atoms with Crippen molar-refractivity contribution in [1.82, 2.24) is 4.72 Å². The number of nitrogens with one attached hydrogen (secondary N) is 1. The minimum absolute atomic E-state index is 0.00551. The molecule has 1 atom stereocenters. The Morgan fingerprint density at radius 1 is 1.43 bits per heavy atom. The smallest absolute Gasteiger partial charge is 0.326 e. The third kappa shape index (κ3) is 3.87. The van der Waals surface area contributed by atoms with Crippen LogP contribution in [-0.2, 0) is 19.6 Å². The molecule has 2 N–H and O–H groups in total. The number of benzene rings is 1. The summed E-state index contributed by atoms with van der Waals surface area (Å²) in [7, 11) is -3.08. The van der Waals surface area contributed by atoms with Crippen molar-refractivity contribution in [2.24, 2.45) is 0 Å². The van der Waals surface area contributed by atoms with Gasteiger partial charge in [-0.1, -0.05) is 23.2 Å². The Morgan fingerprint density at radius 3 is 2.48 bits per heavy atom. The molecule has 9 heteroatoms. The van der Waals surface area contributed by atoms with E-state index in [4.69, 9.17) is 28.3 Å². The Morgan fingerprint density at radius 2 is 2.00 bits per heavy atom. The molecule has 0 saturated heterocycles. The molecule has 0 bridgehead atoms. The van der Waals surface area contributed by atoms with E-state index in [9.17, 15) is 13.2 Å². The quantitative estimate of drug-likeness (QED) is 0.779. The number of carbonyl (C=O) groups is 1. The first-order chi connectivity index (χ1) is 9.65. The van der Waals surface area contributed by atoms with Gasteiger partial charge >= 0.3 is 5.97 Å². The normalized spacial score (nSPS) is 13.0. The van der Waals surface area contributed by atoms with E-state index >= 15 is 0 Å². The van der Waals surface area contributed by atoms with Crippen LogP contribution in [0.5, 0.6) is 0 Å². The summed E-state index contributed by atoms with van der Waals surface area (Å²) in [4.78, 5) is 11.2. The largest absolute Gasteiger partial charge is 0.468 e. The fourth-order valence-corrected chi connectivity index (χ4v) is 4.07. The number of sulfonamides is 1. The van der Waals surface area contributed by atoms with Gasteiger partial charge in [0.05, 0.1) is 18.7 Å². The minimum atomic E-state index is -4.16. The summed E-state index contributed by atoms with van der Waals surface area (Å²) in [5.41, 5.74) is 0.729. The van der Waals surface area contributed by atoms with E-state index in [0.29, 0.717) is 5.56 Å². The van der Waals surface area contributed by atoms with Crippen molar-refractivity contribution in [3.8, 4) is 0 Å². The van der Waals surface area contributed by atoms with Crippen LogP contribution in [-0.4, -0.2) is 39.3 Å². The average molecular weight is 356 g/mol. The number of halogens is 2. The zero-order valence-corrected chi connectivity index (χ0v) is 13.9. The summed E-state index contributed by atoms with van der Waals surface area (Å²) < 4.78 is 31.2. The Labute approximate surface area is 133 Å². The van der Waals surface area contributed by atoms with Crippen molar-refractivity contribution in [3.05, 3.63) is 27.2 Å². The van der Waals surface area contributed by atoms with Gasteiger partial charge in [-0.2, -0.15) is 4.72 Å². The number of esters is 1. The summed E-state index contributed by atoms with van der Waals surface area (Å²) in [5, 5.41) is 9.34. The summed E-state index contributed by atoms with van der Waals surface area (Å²) in [5.74, 6) is -0.909. The minimum Gasteiger partial charge on any atom is -0.468 e. The van der Waals surface area contributed by atoms with Crippen LogP contribution in [0.2, 0.25) is 10.0 Å². The first-order valence-corrected chi connectivity index (χ1v) is 8.05. The van der Waals surface area contributed by atoms with Gasteiger partial charge in [-0.05, 0) is 31.0 Å². The SMILES string of the molecule is COC(=O)C(CO)NS(=O)(=O)c1c(C)c(Cl)cc(C)c1Cl. The van der Waals surface area contributed by atoms with E-state index in [1.54, 1.807) is 13.0 Å². The van der Waals surface area contributed by atoms with Crippen molar-refractivity contribution in [3.63, 3.8) is 0 Å². The van der Waals surface area contributed by atoms with Crippen LogP contribution in [0, 0.1) is 13.8 Å². The van der Waals surface area contributed by atoms with Crippen molar-refractivity contribution in [2.45, 2.75) is 24.8 Å². The Hall–Kier alpha value is -0.860. The van der Waals surface area contributed by atoms with Crippen molar-refractivity contribution < 1.29 is 23.1 Å². The van der Waals surface area contributed by atoms with Gasteiger partial charge in [-0.25, -0.2) is 8.42 Å². The number of hydrogen-bond acceptors (Lipinski definition) is 5. The molecule has 21 heavy (non-hydrogen) atoms. The Balaban J connectivity index is 3.35. The molecule has 0 aliphatic rings. The van der Waals surface area contributed by atoms with Crippen LogP contribution >= 0.6 is 23.2 Å². The van der Waals surface area contributed by atoms with Crippen molar-refractivity contribution in [2.75, 3.05) is 13.7 Å². The Bertz CT molecular complexity index is 634. The molecular weight excluding hydrogens is 341 g/mol. The fourth-order valence-electron chi connectivity index (χ4n) is 1.68. The van der Waals surface area contributed by atoms with Gasteiger partial charge in [-0.3, -0.25) is 4.79 Å². The maximum absolute atomic E-state index is 12.4. The highest BCUT2D eigenvalue weighted by Crippen LogP contribution is 2.33. The molecule has 1 aromatic carbocycles. The predicted octanol–water partition coefficient (Wildman–Crippen LogP) is 1.42. The van der Waals surface area contributed by atoms with Gasteiger partial charge < -0.3 is 9.84 Å².